The van der Waals surface area contributed by atoms with Gasteiger partial charge in [0.25, 0.3) is 0 Å². The lowest BCUT2D eigenvalue weighted by Gasteiger charge is -2.09. The van der Waals surface area contributed by atoms with E-state index in [4.69, 9.17) is 18.6 Å². The summed E-state index contributed by atoms with van der Waals surface area (Å²) in [7, 11) is 2.91. The third-order valence-corrected chi connectivity index (χ3v) is 3.23. The molecule has 0 aliphatic rings. The maximum atomic E-state index is 12.1. The third kappa shape index (κ3) is 4.69. The number of methoxy groups -OCH3 is 2. The first-order valence-corrected chi connectivity index (χ1v) is 7.29. The molecule has 1 aromatic heterocycles. The molecule has 0 spiro atoms. The second-order valence-corrected chi connectivity index (χ2v) is 4.87. The van der Waals surface area contributed by atoms with Gasteiger partial charge >= 0.3 is 11.9 Å². The molecule has 1 heterocycles. The van der Waals surface area contributed by atoms with Crippen LogP contribution in [0, 0.1) is 10.1 Å². The van der Waals surface area contributed by atoms with Gasteiger partial charge in [0.05, 0.1) is 20.3 Å². The lowest BCUT2D eigenvalue weighted by atomic mass is 10.1. The minimum absolute atomic E-state index is 0.111. The molecule has 26 heavy (non-hydrogen) atoms. The molecule has 0 atom stereocenters. The van der Waals surface area contributed by atoms with Crippen LogP contribution in [0.4, 0.5) is 5.88 Å². The highest BCUT2D eigenvalue weighted by molar-refractivity contribution is 5.99. The first-order valence-electron chi connectivity index (χ1n) is 7.29. The molecule has 2 aromatic rings. The number of nitro groups is 1. The minimum Gasteiger partial charge on any atom is -0.493 e. The number of nitrogens with zero attached hydrogens (tertiary/aromatic N) is 1. The van der Waals surface area contributed by atoms with Crippen LogP contribution in [0.3, 0.4) is 0 Å². The highest BCUT2D eigenvalue weighted by Crippen LogP contribution is 2.27. The van der Waals surface area contributed by atoms with Crippen molar-refractivity contribution >= 4 is 23.7 Å². The Kier molecular flexibility index (Phi) is 6.10. The van der Waals surface area contributed by atoms with Crippen LogP contribution in [0.15, 0.2) is 40.8 Å². The van der Waals surface area contributed by atoms with Crippen LogP contribution in [-0.2, 0) is 9.53 Å². The zero-order chi connectivity index (χ0) is 19.1. The van der Waals surface area contributed by atoms with E-state index < -0.39 is 29.2 Å². The van der Waals surface area contributed by atoms with Gasteiger partial charge in [0.2, 0.25) is 0 Å². The minimum atomic E-state index is -0.794. The fourth-order valence-electron chi connectivity index (χ4n) is 1.96. The Balaban J connectivity index is 1.92. The number of carbonyl (C=O) groups excluding carboxylic acids is 2. The number of hydrogen-bond acceptors (Lipinski definition) is 8. The fraction of sp³-hybridized carbons (Fsp3) is 0.176. The number of furan rings is 1. The number of ketones is 1. The fourth-order valence-corrected chi connectivity index (χ4v) is 1.96. The largest absolute Gasteiger partial charge is 0.493 e. The van der Waals surface area contributed by atoms with E-state index >= 15 is 0 Å². The summed E-state index contributed by atoms with van der Waals surface area (Å²) < 4.78 is 19.9. The summed E-state index contributed by atoms with van der Waals surface area (Å²) >= 11 is 0. The molecular formula is C17H15NO8. The number of rotatable bonds is 8. The molecule has 0 unspecified atom stereocenters. The normalized spacial score (nSPS) is 10.5. The number of benzene rings is 1. The van der Waals surface area contributed by atoms with E-state index in [0.29, 0.717) is 17.1 Å². The molecule has 0 aliphatic heterocycles. The summed E-state index contributed by atoms with van der Waals surface area (Å²) in [6.07, 6.45) is 2.21. The zero-order valence-electron chi connectivity index (χ0n) is 14.0. The van der Waals surface area contributed by atoms with E-state index in [0.717, 1.165) is 12.1 Å². The van der Waals surface area contributed by atoms with E-state index in [2.05, 4.69) is 0 Å². The molecular weight excluding hydrogens is 346 g/mol. The van der Waals surface area contributed by atoms with Crippen molar-refractivity contribution in [2.45, 2.75) is 0 Å². The molecule has 0 radical (unpaired) electrons. The summed E-state index contributed by atoms with van der Waals surface area (Å²) in [5.74, 6) is -0.707. The molecule has 136 valence electrons. The quantitative estimate of drug-likeness (QED) is 0.231. The first-order chi connectivity index (χ1) is 12.4. The third-order valence-electron chi connectivity index (χ3n) is 3.23. The molecule has 9 nitrogen and oxygen atoms in total. The number of carbonyl (C=O) groups is 2. The Morgan fingerprint density at radius 3 is 2.50 bits per heavy atom. The van der Waals surface area contributed by atoms with Gasteiger partial charge < -0.3 is 18.6 Å². The number of esters is 1. The van der Waals surface area contributed by atoms with Gasteiger partial charge in [-0.05, 0) is 30.3 Å². The van der Waals surface area contributed by atoms with Crippen LogP contribution in [-0.4, -0.2) is 37.5 Å². The summed E-state index contributed by atoms with van der Waals surface area (Å²) in [6, 6.07) is 7.06. The second kappa shape index (κ2) is 8.47. The van der Waals surface area contributed by atoms with Crippen LogP contribution in [0.2, 0.25) is 0 Å². The van der Waals surface area contributed by atoms with Crippen molar-refractivity contribution in [2.75, 3.05) is 20.8 Å². The maximum Gasteiger partial charge on any atom is 0.433 e. The molecule has 0 saturated carbocycles. The molecule has 1 aromatic carbocycles. The van der Waals surface area contributed by atoms with Crippen LogP contribution < -0.4 is 9.47 Å². The number of ether oxygens (including phenoxy) is 3. The molecule has 0 bridgehead atoms. The Morgan fingerprint density at radius 1 is 1.15 bits per heavy atom. The van der Waals surface area contributed by atoms with E-state index in [1.54, 1.807) is 6.07 Å². The van der Waals surface area contributed by atoms with Crippen molar-refractivity contribution in [2.24, 2.45) is 0 Å². The average molecular weight is 361 g/mol. The van der Waals surface area contributed by atoms with E-state index in [-0.39, 0.29) is 5.76 Å². The zero-order valence-corrected chi connectivity index (χ0v) is 14.0. The topological polar surface area (TPSA) is 118 Å². The summed E-state index contributed by atoms with van der Waals surface area (Å²) in [4.78, 5) is 33.5. The predicted octanol–water partition coefficient (Wildman–Crippen LogP) is 2.64. The maximum absolute atomic E-state index is 12.1. The van der Waals surface area contributed by atoms with Crippen molar-refractivity contribution in [3.63, 3.8) is 0 Å². The monoisotopic (exact) mass is 361 g/mol. The summed E-state index contributed by atoms with van der Waals surface area (Å²) in [5, 5.41) is 10.5. The van der Waals surface area contributed by atoms with Gasteiger partial charge in [-0.2, -0.15) is 0 Å². The van der Waals surface area contributed by atoms with Crippen molar-refractivity contribution in [3.05, 3.63) is 57.8 Å². The van der Waals surface area contributed by atoms with Gasteiger partial charge in [0, 0.05) is 11.6 Å². The molecule has 2 rings (SSSR count). The highest BCUT2D eigenvalue weighted by atomic mass is 16.6. The summed E-state index contributed by atoms with van der Waals surface area (Å²) in [6.45, 7) is -0.475. The number of hydrogen-bond donors (Lipinski definition) is 0. The standard InChI is InChI=1S/C17H15NO8/c1-23-14-6-3-11(9-15(14)24-2)13(19)10-25-17(20)8-5-12-4-7-16(26-12)18(21)22/h3-9H,10H2,1-2H3/b8-5+. The average Bonchev–Trinajstić information content (AvgIpc) is 3.13. The summed E-state index contributed by atoms with van der Waals surface area (Å²) in [5.41, 5.74) is 0.293. The van der Waals surface area contributed by atoms with Gasteiger partial charge in [-0.3, -0.25) is 14.9 Å². The van der Waals surface area contributed by atoms with Crippen molar-refractivity contribution in [1.82, 2.24) is 0 Å². The Labute approximate surface area is 147 Å². The Hall–Kier alpha value is -3.62. The van der Waals surface area contributed by atoms with E-state index in [1.165, 1.54) is 38.5 Å². The number of Topliss-reactive ketones (excluding diaryl/α,β-unsaturated/α-hetero) is 1. The van der Waals surface area contributed by atoms with Crippen LogP contribution in [0.25, 0.3) is 6.08 Å². The first kappa shape index (κ1) is 18.7. The van der Waals surface area contributed by atoms with E-state index in [1.807, 2.05) is 0 Å². The van der Waals surface area contributed by atoms with Crippen LogP contribution in [0.5, 0.6) is 11.5 Å². The molecule has 0 amide bonds. The van der Waals surface area contributed by atoms with Crippen molar-refractivity contribution in [3.8, 4) is 11.5 Å². The molecule has 0 fully saturated rings. The van der Waals surface area contributed by atoms with Gasteiger partial charge in [-0.25, -0.2) is 4.79 Å². The van der Waals surface area contributed by atoms with E-state index in [9.17, 15) is 19.7 Å². The van der Waals surface area contributed by atoms with Gasteiger partial charge in [-0.15, -0.1) is 0 Å². The smallest absolute Gasteiger partial charge is 0.433 e. The Bertz CT molecular complexity index is 852. The Morgan fingerprint density at radius 2 is 1.88 bits per heavy atom. The molecule has 0 aliphatic carbocycles. The van der Waals surface area contributed by atoms with Crippen molar-refractivity contribution < 1.29 is 33.1 Å². The van der Waals surface area contributed by atoms with Crippen LogP contribution in [0.1, 0.15) is 16.1 Å². The molecule has 9 heteroatoms. The van der Waals surface area contributed by atoms with Gasteiger partial charge in [0.15, 0.2) is 23.9 Å². The predicted molar refractivity (Wildman–Crippen MR) is 89.2 cm³/mol. The lowest BCUT2D eigenvalue weighted by molar-refractivity contribution is -0.402. The van der Waals surface area contributed by atoms with Crippen molar-refractivity contribution in [1.29, 1.82) is 0 Å². The SMILES string of the molecule is COc1ccc(C(=O)COC(=O)/C=C/c2ccc([N+](=O)[O-])o2)cc1OC. The molecule has 0 N–H and O–H groups in total. The van der Waals surface area contributed by atoms with Gasteiger partial charge in [0.1, 0.15) is 10.7 Å². The van der Waals surface area contributed by atoms with Gasteiger partial charge in [-0.1, -0.05) is 0 Å². The lowest BCUT2D eigenvalue weighted by Crippen LogP contribution is -2.12. The second-order valence-electron chi connectivity index (χ2n) is 4.87. The van der Waals surface area contributed by atoms with Crippen LogP contribution >= 0.6 is 0 Å². The highest BCUT2D eigenvalue weighted by Gasteiger charge is 2.13. The molecule has 0 saturated heterocycles.